The van der Waals surface area contributed by atoms with Gasteiger partial charge in [0.15, 0.2) is 0 Å². The monoisotopic (exact) mass is 351 g/mol. The molecule has 0 bridgehead atoms. The molecule has 1 saturated carbocycles. The molecule has 0 aromatic heterocycles. The Kier molecular flexibility index (Phi) is 4.68. The Hall–Kier alpha value is -2.33. The van der Waals surface area contributed by atoms with E-state index in [-0.39, 0.29) is 17.9 Å². The first-order valence-corrected chi connectivity index (χ1v) is 9.32. The molecule has 3 unspecified atom stereocenters. The summed E-state index contributed by atoms with van der Waals surface area (Å²) in [6.07, 6.45) is 1.02. The largest absolute Gasteiger partial charge is 0.494 e. The van der Waals surface area contributed by atoms with Gasteiger partial charge in [-0.2, -0.15) is 0 Å². The van der Waals surface area contributed by atoms with Crippen LogP contribution in [0.5, 0.6) is 5.75 Å². The SMILES string of the molecule is CCOc1ccc([C@@H](COC)NC(=O)C2C3Cc4ccccc4C32)cc1. The van der Waals surface area contributed by atoms with E-state index in [1.165, 1.54) is 11.1 Å². The zero-order valence-electron chi connectivity index (χ0n) is 15.3. The number of hydrogen-bond acceptors (Lipinski definition) is 3. The highest BCUT2D eigenvalue weighted by Crippen LogP contribution is 2.61. The van der Waals surface area contributed by atoms with Gasteiger partial charge in [-0.05, 0) is 54.0 Å². The number of rotatable bonds is 7. The Morgan fingerprint density at radius 1 is 1.19 bits per heavy atom. The van der Waals surface area contributed by atoms with Crippen LogP contribution in [0.25, 0.3) is 0 Å². The number of hydrogen-bond donors (Lipinski definition) is 1. The highest BCUT2D eigenvalue weighted by atomic mass is 16.5. The molecule has 26 heavy (non-hydrogen) atoms. The number of ether oxygens (including phenoxy) is 2. The van der Waals surface area contributed by atoms with Gasteiger partial charge in [-0.3, -0.25) is 4.79 Å². The van der Waals surface area contributed by atoms with Crippen molar-refractivity contribution in [3.8, 4) is 5.75 Å². The summed E-state index contributed by atoms with van der Waals surface area (Å²) in [6.45, 7) is 3.06. The third-order valence-corrected chi connectivity index (χ3v) is 5.58. The van der Waals surface area contributed by atoms with Crippen molar-refractivity contribution in [3.05, 3.63) is 65.2 Å². The highest BCUT2D eigenvalue weighted by molar-refractivity contribution is 5.85. The van der Waals surface area contributed by atoms with E-state index >= 15 is 0 Å². The molecule has 2 aliphatic carbocycles. The van der Waals surface area contributed by atoms with Crippen molar-refractivity contribution in [2.75, 3.05) is 20.3 Å². The van der Waals surface area contributed by atoms with Crippen LogP contribution in [0.4, 0.5) is 0 Å². The van der Waals surface area contributed by atoms with Crippen LogP contribution in [0.15, 0.2) is 48.5 Å². The Morgan fingerprint density at radius 2 is 1.96 bits per heavy atom. The maximum Gasteiger partial charge on any atom is 0.224 e. The lowest BCUT2D eigenvalue weighted by atomic mass is 10.0. The van der Waals surface area contributed by atoms with E-state index < -0.39 is 0 Å². The number of carbonyl (C=O) groups is 1. The van der Waals surface area contributed by atoms with Gasteiger partial charge >= 0.3 is 0 Å². The van der Waals surface area contributed by atoms with Crippen LogP contribution < -0.4 is 10.1 Å². The van der Waals surface area contributed by atoms with Gasteiger partial charge in [0, 0.05) is 13.0 Å². The molecule has 136 valence electrons. The van der Waals surface area contributed by atoms with Crippen LogP contribution in [-0.4, -0.2) is 26.2 Å². The van der Waals surface area contributed by atoms with E-state index in [9.17, 15) is 4.79 Å². The molecule has 1 fully saturated rings. The van der Waals surface area contributed by atoms with Gasteiger partial charge in [0.25, 0.3) is 0 Å². The van der Waals surface area contributed by atoms with Gasteiger partial charge in [0.05, 0.1) is 19.3 Å². The molecular weight excluding hydrogens is 326 g/mol. The first-order chi connectivity index (χ1) is 12.7. The van der Waals surface area contributed by atoms with E-state index in [1.54, 1.807) is 7.11 Å². The number of methoxy groups -OCH3 is 1. The fourth-order valence-corrected chi connectivity index (χ4v) is 4.33. The molecule has 0 spiro atoms. The molecule has 1 amide bonds. The van der Waals surface area contributed by atoms with Gasteiger partial charge in [-0.15, -0.1) is 0 Å². The second kappa shape index (κ2) is 7.12. The molecule has 2 aromatic carbocycles. The van der Waals surface area contributed by atoms with Crippen LogP contribution in [-0.2, 0) is 16.0 Å². The lowest BCUT2D eigenvalue weighted by Gasteiger charge is -2.19. The Labute approximate surface area is 154 Å². The summed E-state index contributed by atoms with van der Waals surface area (Å²) in [5.74, 6) is 1.95. The molecule has 4 atom stereocenters. The number of fused-ring (bicyclic) bond motifs is 3. The summed E-state index contributed by atoms with van der Waals surface area (Å²) in [4.78, 5) is 12.9. The highest BCUT2D eigenvalue weighted by Gasteiger charge is 2.59. The van der Waals surface area contributed by atoms with Crippen LogP contribution in [0, 0.1) is 11.8 Å². The minimum Gasteiger partial charge on any atom is -0.494 e. The molecule has 1 N–H and O–H groups in total. The fraction of sp³-hybridized carbons (Fsp3) is 0.409. The van der Waals surface area contributed by atoms with Gasteiger partial charge in [0.1, 0.15) is 5.75 Å². The Bertz CT molecular complexity index is 786. The van der Waals surface area contributed by atoms with Crippen molar-refractivity contribution in [2.45, 2.75) is 25.3 Å². The quantitative estimate of drug-likeness (QED) is 0.831. The zero-order chi connectivity index (χ0) is 18.1. The number of amides is 1. The first-order valence-electron chi connectivity index (χ1n) is 9.32. The topological polar surface area (TPSA) is 47.6 Å². The lowest BCUT2D eigenvalue weighted by molar-refractivity contribution is -0.123. The molecular formula is C22H25NO3. The zero-order valence-corrected chi connectivity index (χ0v) is 15.3. The van der Waals surface area contributed by atoms with Crippen molar-refractivity contribution < 1.29 is 14.3 Å². The van der Waals surface area contributed by atoms with Gasteiger partial charge < -0.3 is 14.8 Å². The summed E-state index contributed by atoms with van der Waals surface area (Å²) in [6, 6.07) is 16.2. The van der Waals surface area contributed by atoms with Crippen molar-refractivity contribution in [1.82, 2.24) is 5.32 Å². The summed E-state index contributed by atoms with van der Waals surface area (Å²) >= 11 is 0. The average Bonchev–Trinajstić information content (AvgIpc) is 3.24. The third kappa shape index (κ3) is 3.10. The Morgan fingerprint density at radius 3 is 2.69 bits per heavy atom. The third-order valence-electron chi connectivity index (χ3n) is 5.58. The van der Waals surface area contributed by atoms with E-state index in [1.807, 2.05) is 31.2 Å². The maximum absolute atomic E-state index is 12.9. The maximum atomic E-state index is 12.9. The summed E-state index contributed by atoms with van der Waals surface area (Å²) < 4.78 is 10.8. The predicted octanol–water partition coefficient (Wildman–Crippen LogP) is 3.47. The van der Waals surface area contributed by atoms with Crippen molar-refractivity contribution in [2.24, 2.45) is 11.8 Å². The summed E-state index contributed by atoms with van der Waals surface area (Å²) in [5, 5.41) is 3.20. The second-order valence-corrected chi connectivity index (χ2v) is 7.14. The second-order valence-electron chi connectivity index (χ2n) is 7.14. The fourth-order valence-electron chi connectivity index (χ4n) is 4.33. The van der Waals surface area contributed by atoms with E-state index in [4.69, 9.17) is 9.47 Å². The van der Waals surface area contributed by atoms with Gasteiger partial charge in [-0.1, -0.05) is 36.4 Å². The number of benzene rings is 2. The van der Waals surface area contributed by atoms with Crippen molar-refractivity contribution in [1.29, 1.82) is 0 Å². The predicted molar refractivity (Wildman–Crippen MR) is 100 cm³/mol. The normalized spacial score (nSPS) is 23.7. The lowest BCUT2D eigenvalue weighted by Crippen LogP contribution is -2.33. The molecule has 2 aromatic rings. The van der Waals surface area contributed by atoms with E-state index in [0.29, 0.717) is 25.0 Å². The number of carbonyl (C=O) groups excluding carboxylic acids is 1. The van der Waals surface area contributed by atoms with Crippen molar-refractivity contribution >= 4 is 5.91 Å². The van der Waals surface area contributed by atoms with Gasteiger partial charge in [0.2, 0.25) is 5.91 Å². The molecule has 0 aliphatic heterocycles. The van der Waals surface area contributed by atoms with Gasteiger partial charge in [-0.25, -0.2) is 0 Å². The first kappa shape index (κ1) is 17.1. The molecule has 0 radical (unpaired) electrons. The van der Waals surface area contributed by atoms with Crippen LogP contribution >= 0.6 is 0 Å². The van der Waals surface area contributed by atoms with E-state index in [0.717, 1.165) is 17.7 Å². The molecule has 4 heteroatoms. The van der Waals surface area contributed by atoms with Crippen LogP contribution in [0.2, 0.25) is 0 Å². The van der Waals surface area contributed by atoms with E-state index in [2.05, 4.69) is 29.6 Å². The minimum absolute atomic E-state index is 0.104. The summed E-state index contributed by atoms with van der Waals surface area (Å²) in [5.41, 5.74) is 3.81. The average molecular weight is 351 g/mol. The van der Waals surface area contributed by atoms with Crippen molar-refractivity contribution in [3.63, 3.8) is 0 Å². The standard InChI is InChI=1S/C22H25NO3/c1-3-26-16-10-8-14(9-11-16)19(13-25-2)23-22(24)21-18-12-15-6-4-5-7-17(15)20(18)21/h4-11,18-21H,3,12-13H2,1-2H3,(H,23,24)/t18?,19-,20?,21?/m1/s1. The van der Waals surface area contributed by atoms with Crippen LogP contribution in [0.3, 0.4) is 0 Å². The molecule has 4 rings (SSSR count). The van der Waals surface area contributed by atoms with Crippen LogP contribution in [0.1, 0.15) is 35.6 Å². The number of nitrogens with one attached hydrogen (secondary N) is 1. The molecule has 2 aliphatic rings. The molecule has 0 saturated heterocycles. The minimum atomic E-state index is -0.139. The summed E-state index contributed by atoms with van der Waals surface area (Å²) in [7, 11) is 1.66. The molecule has 0 heterocycles. The smallest absolute Gasteiger partial charge is 0.224 e. The molecule has 4 nitrogen and oxygen atoms in total. The Balaban J connectivity index is 1.44.